The smallest absolute Gasteiger partial charge is 0.231 e. The number of carbonyl (C=O) groups excluding carboxylic acids is 2. The number of ether oxygens (including phenoxy) is 2. The molecule has 3 aromatic rings. The third-order valence-corrected chi connectivity index (χ3v) is 6.63. The van der Waals surface area contributed by atoms with Crippen molar-refractivity contribution in [3.8, 4) is 11.5 Å². The van der Waals surface area contributed by atoms with Crippen LogP contribution in [0.1, 0.15) is 27.2 Å². The van der Waals surface area contributed by atoms with Crippen molar-refractivity contribution in [2.45, 2.75) is 24.6 Å². The number of thiazole rings is 1. The van der Waals surface area contributed by atoms with Crippen LogP contribution in [0.2, 0.25) is 0 Å². The Kier molecular flexibility index (Phi) is 6.06. The summed E-state index contributed by atoms with van der Waals surface area (Å²) in [7, 11) is 0. The summed E-state index contributed by atoms with van der Waals surface area (Å²) in [5.41, 5.74) is 4.21. The van der Waals surface area contributed by atoms with E-state index in [4.69, 9.17) is 9.47 Å². The number of anilines is 1. The molecule has 0 saturated carbocycles. The number of aromatic nitrogens is 1. The largest absolute Gasteiger partial charge is 0.454 e. The average Bonchev–Trinajstić information content (AvgIpc) is 3.37. The molecule has 4 rings (SSSR count). The summed E-state index contributed by atoms with van der Waals surface area (Å²) in [5, 5.41) is 4.80. The number of hydrogen-bond donors (Lipinski definition) is 1. The van der Waals surface area contributed by atoms with Crippen LogP contribution in [0.15, 0.2) is 46.1 Å². The molecule has 30 heavy (non-hydrogen) atoms. The number of amides is 1. The second-order valence-electron chi connectivity index (χ2n) is 6.93. The number of benzene rings is 2. The Balaban J connectivity index is 1.31. The van der Waals surface area contributed by atoms with E-state index in [-0.39, 0.29) is 30.7 Å². The third kappa shape index (κ3) is 4.83. The number of nitrogens with one attached hydrogen (secondary N) is 1. The second-order valence-corrected chi connectivity index (χ2v) is 9.01. The highest BCUT2D eigenvalue weighted by Gasteiger charge is 2.17. The summed E-state index contributed by atoms with van der Waals surface area (Å²) in [4.78, 5) is 29.3. The van der Waals surface area contributed by atoms with Gasteiger partial charge in [-0.3, -0.25) is 9.59 Å². The van der Waals surface area contributed by atoms with Gasteiger partial charge in [0.05, 0.1) is 17.9 Å². The fourth-order valence-electron chi connectivity index (χ4n) is 2.95. The first kappa shape index (κ1) is 20.4. The Bertz CT molecular complexity index is 1110. The van der Waals surface area contributed by atoms with Crippen LogP contribution >= 0.6 is 23.1 Å². The van der Waals surface area contributed by atoms with Gasteiger partial charge in [-0.1, -0.05) is 23.9 Å². The third-order valence-electron chi connectivity index (χ3n) is 4.56. The van der Waals surface area contributed by atoms with Crippen LogP contribution in [0.5, 0.6) is 11.5 Å². The molecule has 0 unspecified atom stereocenters. The number of hydrogen-bond acceptors (Lipinski definition) is 7. The topological polar surface area (TPSA) is 77.5 Å². The first-order valence-electron chi connectivity index (χ1n) is 9.35. The van der Waals surface area contributed by atoms with E-state index in [1.807, 2.05) is 37.4 Å². The molecule has 0 spiro atoms. The zero-order valence-corrected chi connectivity index (χ0v) is 18.2. The number of ketones is 1. The first-order chi connectivity index (χ1) is 14.5. The van der Waals surface area contributed by atoms with E-state index in [0.29, 0.717) is 22.8 Å². The van der Waals surface area contributed by atoms with Crippen molar-refractivity contribution in [2.75, 3.05) is 17.9 Å². The summed E-state index contributed by atoms with van der Waals surface area (Å²) in [6, 6.07) is 11.1. The van der Waals surface area contributed by atoms with E-state index in [1.165, 1.54) is 23.1 Å². The van der Waals surface area contributed by atoms with Gasteiger partial charge in [-0.2, -0.15) is 0 Å². The molecule has 0 saturated heterocycles. The van der Waals surface area contributed by atoms with Crippen molar-refractivity contribution in [1.29, 1.82) is 0 Å². The molecular weight excluding hydrogens is 420 g/mol. The fraction of sp³-hybridized carbons (Fsp3) is 0.227. The Labute approximate surface area is 182 Å². The van der Waals surface area contributed by atoms with Crippen molar-refractivity contribution >= 4 is 40.5 Å². The molecular formula is C22H20N2O4S2. The Morgan fingerprint density at radius 2 is 1.97 bits per heavy atom. The molecule has 0 atom stereocenters. The van der Waals surface area contributed by atoms with Crippen LogP contribution in [0.25, 0.3) is 0 Å². The highest BCUT2D eigenvalue weighted by Crippen LogP contribution is 2.33. The van der Waals surface area contributed by atoms with Gasteiger partial charge in [-0.05, 0) is 49.2 Å². The lowest BCUT2D eigenvalue weighted by Crippen LogP contribution is -2.15. The number of Topliss-reactive ketones (excluding diaryl/α,β-unsaturated/α-hetero) is 1. The lowest BCUT2D eigenvalue weighted by molar-refractivity contribution is -0.115. The molecule has 0 bridgehead atoms. The number of nitrogens with zero attached hydrogens (tertiary/aromatic N) is 1. The zero-order valence-electron chi connectivity index (χ0n) is 16.6. The lowest BCUT2D eigenvalue weighted by Gasteiger charge is -2.08. The maximum Gasteiger partial charge on any atom is 0.231 e. The summed E-state index contributed by atoms with van der Waals surface area (Å²) < 4.78 is 11.3. The summed E-state index contributed by atoms with van der Waals surface area (Å²) in [5.74, 6) is 1.39. The van der Waals surface area contributed by atoms with Crippen LogP contribution in [0, 0.1) is 13.8 Å². The Morgan fingerprint density at radius 3 is 2.83 bits per heavy atom. The quantitative estimate of drug-likeness (QED) is 0.426. The molecule has 1 aromatic heterocycles. The van der Waals surface area contributed by atoms with E-state index < -0.39 is 0 Å². The van der Waals surface area contributed by atoms with Crippen LogP contribution in [-0.4, -0.2) is 29.2 Å². The number of thioether (sulfide) groups is 1. The minimum Gasteiger partial charge on any atom is -0.454 e. The number of carbonyl (C=O) groups is 2. The molecule has 6 nitrogen and oxygen atoms in total. The SMILES string of the molecule is Cc1ccc(C)c(NC(=O)Cc2csc(SCC(=O)c3ccc4c(c3)OCO4)n2)c1. The summed E-state index contributed by atoms with van der Waals surface area (Å²) >= 11 is 2.80. The molecule has 154 valence electrons. The van der Waals surface area contributed by atoms with E-state index in [0.717, 1.165) is 21.2 Å². The Morgan fingerprint density at radius 1 is 1.13 bits per heavy atom. The molecule has 1 aliphatic rings. The van der Waals surface area contributed by atoms with Crippen LogP contribution in [-0.2, 0) is 11.2 Å². The van der Waals surface area contributed by atoms with E-state index in [1.54, 1.807) is 18.2 Å². The molecule has 8 heteroatoms. The summed E-state index contributed by atoms with van der Waals surface area (Å²) in [6.45, 7) is 4.13. The number of aryl methyl sites for hydroxylation is 2. The molecule has 2 heterocycles. The van der Waals surface area contributed by atoms with Gasteiger partial charge in [0.25, 0.3) is 0 Å². The molecule has 0 radical (unpaired) electrons. The maximum absolute atomic E-state index is 12.5. The predicted molar refractivity (Wildman–Crippen MR) is 118 cm³/mol. The molecule has 0 fully saturated rings. The number of rotatable bonds is 7. The van der Waals surface area contributed by atoms with Crippen molar-refractivity contribution in [3.05, 3.63) is 64.2 Å². The molecule has 1 aliphatic heterocycles. The van der Waals surface area contributed by atoms with Crippen LogP contribution in [0.4, 0.5) is 5.69 Å². The van der Waals surface area contributed by atoms with Gasteiger partial charge in [0, 0.05) is 16.6 Å². The van der Waals surface area contributed by atoms with E-state index in [9.17, 15) is 9.59 Å². The molecule has 1 amide bonds. The van der Waals surface area contributed by atoms with Gasteiger partial charge < -0.3 is 14.8 Å². The van der Waals surface area contributed by atoms with Crippen molar-refractivity contribution in [1.82, 2.24) is 4.98 Å². The molecule has 2 aromatic carbocycles. The van der Waals surface area contributed by atoms with Gasteiger partial charge in [0.1, 0.15) is 0 Å². The van der Waals surface area contributed by atoms with Crippen LogP contribution in [0.3, 0.4) is 0 Å². The second kappa shape index (κ2) is 8.89. The van der Waals surface area contributed by atoms with Crippen molar-refractivity contribution in [2.24, 2.45) is 0 Å². The molecule has 0 aliphatic carbocycles. The first-order valence-corrected chi connectivity index (χ1v) is 11.2. The van der Waals surface area contributed by atoms with Gasteiger partial charge in [-0.15, -0.1) is 11.3 Å². The van der Waals surface area contributed by atoms with Crippen LogP contribution < -0.4 is 14.8 Å². The van der Waals surface area contributed by atoms with Crippen molar-refractivity contribution in [3.63, 3.8) is 0 Å². The maximum atomic E-state index is 12.5. The standard InChI is InChI=1S/C22H20N2O4S2/c1-13-3-4-14(2)17(7-13)24-21(26)9-16-10-29-22(23-16)30-11-18(25)15-5-6-19-20(8-15)28-12-27-19/h3-8,10H,9,11-12H2,1-2H3,(H,24,26). The summed E-state index contributed by atoms with van der Waals surface area (Å²) in [6.07, 6.45) is 0.195. The number of fused-ring (bicyclic) bond motifs is 1. The van der Waals surface area contributed by atoms with Gasteiger partial charge in [0.2, 0.25) is 12.7 Å². The Hall–Kier alpha value is -2.84. The highest BCUT2D eigenvalue weighted by molar-refractivity contribution is 8.01. The zero-order chi connectivity index (χ0) is 21.1. The van der Waals surface area contributed by atoms with Gasteiger partial charge in [0.15, 0.2) is 21.6 Å². The molecule has 1 N–H and O–H groups in total. The van der Waals surface area contributed by atoms with E-state index in [2.05, 4.69) is 10.3 Å². The average molecular weight is 441 g/mol. The van der Waals surface area contributed by atoms with Gasteiger partial charge in [-0.25, -0.2) is 4.98 Å². The van der Waals surface area contributed by atoms with E-state index >= 15 is 0 Å². The monoisotopic (exact) mass is 440 g/mol. The van der Waals surface area contributed by atoms with Crippen molar-refractivity contribution < 1.29 is 19.1 Å². The fourth-order valence-corrected chi connectivity index (χ4v) is 4.69. The minimum absolute atomic E-state index is 0.0114. The predicted octanol–water partition coefficient (Wildman–Crippen LogP) is 4.64. The normalized spacial score (nSPS) is 12.1. The highest BCUT2D eigenvalue weighted by atomic mass is 32.2. The minimum atomic E-state index is -0.109. The lowest BCUT2D eigenvalue weighted by atomic mass is 10.1. The van der Waals surface area contributed by atoms with Gasteiger partial charge >= 0.3 is 0 Å².